The van der Waals surface area contributed by atoms with Crippen molar-refractivity contribution in [3.05, 3.63) is 35.4 Å². The monoisotopic (exact) mass is 244 g/mol. The Bertz CT molecular complexity index is 484. The number of carbonyl (C=O) groups is 1. The summed E-state index contributed by atoms with van der Waals surface area (Å²) in [4.78, 5) is 11.8. The molecule has 0 aliphatic heterocycles. The Labute approximate surface area is 106 Å². The molecule has 94 valence electrons. The van der Waals surface area contributed by atoms with Crippen LogP contribution < -0.4 is 5.32 Å². The molecule has 1 aliphatic carbocycles. The van der Waals surface area contributed by atoms with E-state index in [0.717, 1.165) is 18.4 Å². The van der Waals surface area contributed by atoms with E-state index in [1.54, 1.807) is 19.1 Å². The van der Waals surface area contributed by atoms with Crippen LogP contribution >= 0.6 is 0 Å². The first kappa shape index (κ1) is 12.6. The lowest BCUT2D eigenvalue weighted by Gasteiger charge is -2.11. The largest absolute Gasteiger partial charge is 0.394 e. The summed E-state index contributed by atoms with van der Waals surface area (Å²) in [5, 5.41) is 20.6. The summed E-state index contributed by atoms with van der Waals surface area (Å²) < 4.78 is 0. The van der Waals surface area contributed by atoms with Crippen LogP contribution in [0, 0.1) is 11.3 Å². The Morgan fingerprint density at radius 2 is 2.11 bits per heavy atom. The van der Waals surface area contributed by atoms with Gasteiger partial charge in [0.25, 0.3) is 5.91 Å². The van der Waals surface area contributed by atoms with Gasteiger partial charge >= 0.3 is 0 Å². The van der Waals surface area contributed by atoms with Crippen LogP contribution in [0.4, 0.5) is 0 Å². The molecule has 1 unspecified atom stereocenters. The number of aliphatic hydroxyl groups is 1. The maximum Gasteiger partial charge on any atom is 0.251 e. The van der Waals surface area contributed by atoms with E-state index in [2.05, 4.69) is 11.4 Å². The number of nitrogens with zero attached hydrogens (tertiary/aromatic N) is 1. The van der Waals surface area contributed by atoms with E-state index in [-0.39, 0.29) is 24.0 Å². The quantitative estimate of drug-likeness (QED) is 0.839. The fourth-order valence-corrected chi connectivity index (χ4v) is 1.88. The summed E-state index contributed by atoms with van der Waals surface area (Å²) in [5.74, 6) is -0.204. The van der Waals surface area contributed by atoms with Crippen LogP contribution in [0.5, 0.6) is 0 Å². The number of nitrogens with one attached hydrogen (secondary N) is 1. The minimum Gasteiger partial charge on any atom is -0.394 e. The number of hydrogen-bond donors (Lipinski definition) is 2. The van der Waals surface area contributed by atoms with Crippen molar-refractivity contribution in [3.63, 3.8) is 0 Å². The number of amides is 1. The van der Waals surface area contributed by atoms with E-state index < -0.39 is 0 Å². The van der Waals surface area contributed by atoms with Gasteiger partial charge in [-0.3, -0.25) is 4.79 Å². The second kappa shape index (κ2) is 4.79. The molecule has 0 aromatic heterocycles. The second-order valence-corrected chi connectivity index (χ2v) is 4.83. The van der Waals surface area contributed by atoms with E-state index in [1.807, 2.05) is 12.1 Å². The van der Waals surface area contributed by atoms with Gasteiger partial charge < -0.3 is 10.4 Å². The average molecular weight is 244 g/mol. The van der Waals surface area contributed by atoms with Crippen LogP contribution in [-0.4, -0.2) is 23.7 Å². The molecular formula is C14H16N2O2. The third-order valence-corrected chi connectivity index (χ3v) is 3.32. The van der Waals surface area contributed by atoms with Gasteiger partial charge in [-0.05, 0) is 37.5 Å². The topological polar surface area (TPSA) is 73.1 Å². The van der Waals surface area contributed by atoms with Gasteiger partial charge in [0.2, 0.25) is 0 Å². The van der Waals surface area contributed by atoms with Crippen LogP contribution in [0.25, 0.3) is 0 Å². The molecule has 1 atom stereocenters. The molecule has 1 aliphatic rings. The van der Waals surface area contributed by atoms with Crippen molar-refractivity contribution in [1.82, 2.24) is 5.32 Å². The highest BCUT2D eigenvalue weighted by molar-refractivity contribution is 5.94. The van der Waals surface area contributed by atoms with Crippen LogP contribution in [0.2, 0.25) is 0 Å². The molecule has 18 heavy (non-hydrogen) atoms. The number of nitriles is 1. The SMILES string of the molecule is CC(CO)NC(=O)c1ccc(C2(C#N)CC2)cc1. The molecule has 0 heterocycles. The molecule has 2 N–H and O–H groups in total. The number of rotatable bonds is 4. The normalized spacial score (nSPS) is 17.6. The lowest BCUT2D eigenvalue weighted by atomic mass is 9.96. The van der Waals surface area contributed by atoms with Gasteiger partial charge in [-0.2, -0.15) is 5.26 Å². The Morgan fingerprint density at radius 3 is 2.56 bits per heavy atom. The number of aliphatic hydroxyl groups excluding tert-OH is 1. The summed E-state index contributed by atoms with van der Waals surface area (Å²) in [6, 6.07) is 9.21. The zero-order chi connectivity index (χ0) is 13.2. The summed E-state index contributed by atoms with van der Waals surface area (Å²) in [5.41, 5.74) is 1.22. The molecule has 4 nitrogen and oxygen atoms in total. The summed E-state index contributed by atoms with van der Waals surface area (Å²) >= 11 is 0. The van der Waals surface area contributed by atoms with Gasteiger partial charge in [0, 0.05) is 11.6 Å². The van der Waals surface area contributed by atoms with Crippen molar-refractivity contribution in [2.75, 3.05) is 6.61 Å². The van der Waals surface area contributed by atoms with Crippen molar-refractivity contribution >= 4 is 5.91 Å². The van der Waals surface area contributed by atoms with E-state index in [9.17, 15) is 4.79 Å². The zero-order valence-corrected chi connectivity index (χ0v) is 10.3. The maximum absolute atomic E-state index is 11.8. The molecule has 1 aromatic rings. The maximum atomic E-state index is 11.8. The Morgan fingerprint density at radius 1 is 1.50 bits per heavy atom. The molecule has 0 bridgehead atoms. The second-order valence-electron chi connectivity index (χ2n) is 4.83. The molecule has 1 amide bonds. The van der Waals surface area contributed by atoms with Gasteiger partial charge in [-0.1, -0.05) is 12.1 Å². The standard InChI is InChI=1S/C14H16N2O2/c1-10(8-17)16-13(18)11-2-4-12(5-3-11)14(9-15)6-7-14/h2-5,10,17H,6-8H2,1H3,(H,16,18). The van der Waals surface area contributed by atoms with Crippen molar-refractivity contribution < 1.29 is 9.90 Å². The average Bonchev–Trinajstić information content (AvgIpc) is 3.19. The molecule has 1 aromatic carbocycles. The van der Waals surface area contributed by atoms with Gasteiger partial charge in [0.15, 0.2) is 0 Å². The summed E-state index contributed by atoms with van der Waals surface area (Å²) in [6.07, 6.45) is 1.80. The highest BCUT2D eigenvalue weighted by Crippen LogP contribution is 2.47. The molecule has 4 heteroatoms. The van der Waals surface area contributed by atoms with E-state index >= 15 is 0 Å². The van der Waals surface area contributed by atoms with Crippen molar-refractivity contribution in [1.29, 1.82) is 5.26 Å². The fraction of sp³-hybridized carbons (Fsp3) is 0.429. The molecule has 0 spiro atoms. The minimum atomic E-state index is -0.312. The molecule has 1 saturated carbocycles. The van der Waals surface area contributed by atoms with Crippen LogP contribution in [0.3, 0.4) is 0 Å². The smallest absolute Gasteiger partial charge is 0.251 e. The predicted octanol–water partition coefficient (Wildman–Crippen LogP) is 1.35. The highest BCUT2D eigenvalue weighted by Gasteiger charge is 2.44. The van der Waals surface area contributed by atoms with Gasteiger partial charge in [-0.15, -0.1) is 0 Å². The first-order valence-corrected chi connectivity index (χ1v) is 6.05. The third kappa shape index (κ3) is 2.36. The van der Waals surface area contributed by atoms with Crippen LogP contribution in [0.1, 0.15) is 35.7 Å². The lowest BCUT2D eigenvalue weighted by molar-refractivity contribution is 0.0922. The zero-order valence-electron chi connectivity index (χ0n) is 10.3. The van der Waals surface area contributed by atoms with Gasteiger partial charge in [-0.25, -0.2) is 0 Å². The molecule has 0 radical (unpaired) electrons. The third-order valence-electron chi connectivity index (χ3n) is 3.32. The lowest BCUT2D eigenvalue weighted by Crippen LogP contribution is -2.34. The van der Waals surface area contributed by atoms with Crippen molar-refractivity contribution in [3.8, 4) is 6.07 Å². The first-order valence-electron chi connectivity index (χ1n) is 6.05. The van der Waals surface area contributed by atoms with Crippen LogP contribution in [0.15, 0.2) is 24.3 Å². The Hall–Kier alpha value is -1.86. The van der Waals surface area contributed by atoms with Crippen molar-refractivity contribution in [2.45, 2.75) is 31.2 Å². The Balaban J connectivity index is 2.09. The molecule has 1 fully saturated rings. The van der Waals surface area contributed by atoms with Crippen molar-refractivity contribution in [2.24, 2.45) is 0 Å². The van der Waals surface area contributed by atoms with E-state index in [4.69, 9.17) is 10.4 Å². The molecule has 2 rings (SSSR count). The fourth-order valence-electron chi connectivity index (χ4n) is 1.88. The minimum absolute atomic E-state index is 0.0820. The number of carbonyl (C=O) groups excluding carboxylic acids is 1. The highest BCUT2D eigenvalue weighted by atomic mass is 16.3. The summed E-state index contributed by atoms with van der Waals surface area (Å²) in [7, 11) is 0. The molecule has 0 saturated heterocycles. The van der Waals surface area contributed by atoms with E-state index in [1.165, 1.54) is 0 Å². The summed E-state index contributed by atoms with van der Waals surface area (Å²) in [6.45, 7) is 1.66. The predicted molar refractivity (Wildman–Crippen MR) is 67.0 cm³/mol. The first-order chi connectivity index (χ1) is 8.61. The molecular weight excluding hydrogens is 228 g/mol. The van der Waals surface area contributed by atoms with Gasteiger partial charge in [0.05, 0.1) is 18.1 Å². The number of hydrogen-bond acceptors (Lipinski definition) is 3. The van der Waals surface area contributed by atoms with Gasteiger partial charge in [0.1, 0.15) is 0 Å². The van der Waals surface area contributed by atoms with E-state index in [0.29, 0.717) is 5.56 Å². The Kier molecular flexibility index (Phi) is 3.35. The number of benzene rings is 1. The van der Waals surface area contributed by atoms with Crippen LogP contribution in [-0.2, 0) is 5.41 Å².